The average molecular weight is 281 g/mol. The molecule has 2 atom stereocenters. The summed E-state index contributed by atoms with van der Waals surface area (Å²) in [6.07, 6.45) is 3.86. The van der Waals surface area contributed by atoms with E-state index in [1.54, 1.807) is 12.3 Å². The van der Waals surface area contributed by atoms with Crippen LogP contribution in [0.1, 0.15) is 31.4 Å². The van der Waals surface area contributed by atoms with Crippen molar-refractivity contribution in [2.24, 2.45) is 11.0 Å². The van der Waals surface area contributed by atoms with Crippen molar-refractivity contribution in [2.45, 2.75) is 25.8 Å². The second kappa shape index (κ2) is 6.79. The van der Waals surface area contributed by atoms with E-state index in [2.05, 4.69) is 10.4 Å². The first-order valence-electron chi connectivity index (χ1n) is 7.00. The van der Waals surface area contributed by atoms with E-state index in [1.165, 1.54) is 12.1 Å². The van der Waals surface area contributed by atoms with Gasteiger partial charge >= 0.3 is 0 Å². The average Bonchev–Trinajstić information content (AvgIpc) is 2.44. The van der Waals surface area contributed by atoms with Crippen molar-refractivity contribution in [1.82, 2.24) is 10.3 Å². The maximum atomic E-state index is 13.5. The first kappa shape index (κ1) is 14.9. The van der Waals surface area contributed by atoms with Gasteiger partial charge in [0.15, 0.2) is 11.6 Å². The predicted octanol–water partition coefficient (Wildman–Crippen LogP) is 2.94. The van der Waals surface area contributed by atoms with Gasteiger partial charge in [-0.3, -0.25) is 5.01 Å². The van der Waals surface area contributed by atoms with Gasteiger partial charge < -0.3 is 5.32 Å². The molecular formula is C15H21F2N3. The molecule has 1 aliphatic rings. The molecule has 1 aromatic carbocycles. The van der Waals surface area contributed by atoms with Crippen LogP contribution in [-0.2, 0) is 0 Å². The monoisotopic (exact) mass is 281 g/mol. The van der Waals surface area contributed by atoms with Crippen molar-refractivity contribution in [3.05, 3.63) is 35.4 Å². The summed E-state index contributed by atoms with van der Waals surface area (Å²) in [6.45, 7) is 3.73. The lowest BCUT2D eigenvalue weighted by Crippen LogP contribution is -2.38. The molecule has 1 aliphatic heterocycles. The van der Waals surface area contributed by atoms with E-state index in [9.17, 15) is 8.78 Å². The van der Waals surface area contributed by atoms with Crippen molar-refractivity contribution in [3.63, 3.8) is 0 Å². The second-order valence-electron chi connectivity index (χ2n) is 5.17. The third kappa shape index (κ3) is 3.33. The van der Waals surface area contributed by atoms with Gasteiger partial charge in [-0.2, -0.15) is 5.10 Å². The number of nitrogens with zero attached hydrogens (tertiary/aromatic N) is 2. The number of piperidine rings is 1. The largest absolute Gasteiger partial charge is 0.316 e. The quantitative estimate of drug-likeness (QED) is 0.679. The summed E-state index contributed by atoms with van der Waals surface area (Å²) in [7, 11) is 1.88. The lowest BCUT2D eigenvalue weighted by molar-refractivity contribution is 0.158. The molecule has 0 radical (unpaired) electrons. The van der Waals surface area contributed by atoms with Crippen LogP contribution in [0, 0.1) is 17.6 Å². The van der Waals surface area contributed by atoms with Crippen LogP contribution < -0.4 is 5.32 Å². The summed E-state index contributed by atoms with van der Waals surface area (Å²) in [6, 6.07) is 4.08. The van der Waals surface area contributed by atoms with Crippen LogP contribution >= 0.6 is 0 Å². The summed E-state index contributed by atoms with van der Waals surface area (Å²) in [5.41, 5.74) is 0.769. The molecular weight excluding hydrogens is 260 g/mol. The third-order valence-electron chi connectivity index (χ3n) is 3.77. The first-order chi connectivity index (χ1) is 9.63. The molecule has 2 rings (SSSR count). The summed E-state index contributed by atoms with van der Waals surface area (Å²) < 4.78 is 26.6. The molecule has 5 heteroatoms. The van der Waals surface area contributed by atoms with Gasteiger partial charge in [0.05, 0.1) is 6.04 Å². The molecule has 0 aliphatic carbocycles. The summed E-state index contributed by atoms with van der Waals surface area (Å²) >= 11 is 0. The van der Waals surface area contributed by atoms with Crippen LogP contribution in [0.4, 0.5) is 8.78 Å². The van der Waals surface area contributed by atoms with Gasteiger partial charge in [0, 0.05) is 19.8 Å². The van der Waals surface area contributed by atoms with Crippen molar-refractivity contribution in [2.75, 3.05) is 20.1 Å². The molecule has 3 nitrogen and oxygen atoms in total. The Morgan fingerprint density at radius 2 is 2.20 bits per heavy atom. The zero-order chi connectivity index (χ0) is 14.5. The number of halogens is 2. The van der Waals surface area contributed by atoms with Gasteiger partial charge in [0.1, 0.15) is 0 Å². The fraction of sp³-hybridized carbons (Fsp3) is 0.533. The highest BCUT2D eigenvalue weighted by atomic mass is 19.2. The molecule has 1 unspecified atom stereocenters. The van der Waals surface area contributed by atoms with Crippen molar-refractivity contribution in [3.8, 4) is 0 Å². The molecule has 20 heavy (non-hydrogen) atoms. The fourth-order valence-electron chi connectivity index (χ4n) is 2.89. The number of nitrogens with one attached hydrogen (secondary N) is 1. The number of hydrogen-bond donors (Lipinski definition) is 1. The third-order valence-corrected chi connectivity index (χ3v) is 3.77. The highest BCUT2D eigenvalue weighted by Crippen LogP contribution is 2.32. The van der Waals surface area contributed by atoms with Crippen LogP contribution in [0.15, 0.2) is 23.3 Å². The van der Waals surface area contributed by atoms with Crippen LogP contribution in [0.5, 0.6) is 0 Å². The molecule has 1 fully saturated rings. The SMILES string of the molecule is C/C=N\N(C)C(c1ccc(F)c(F)c1)[C@H]1CCCNC1. The van der Waals surface area contributed by atoms with E-state index in [-0.39, 0.29) is 6.04 Å². The molecule has 0 amide bonds. The Labute approximate surface area is 118 Å². The summed E-state index contributed by atoms with van der Waals surface area (Å²) in [5, 5.41) is 9.49. The minimum atomic E-state index is -0.809. The Morgan fingerprint density at radius 1 is 1.40 bits per heavy atom. The van der Waals surface area contributed by atoms with E-state index in [1.807, 2.05) is 19.0 Å². The standard InChI is InChI=1S/C15H21F2N3/c1-3-19-20(2)15(12-5-4-8-18-10-12)11-6-7-13(16)14(17)9-11/h3,6-7,9,12,15,18H,4-5,8,10H2,1-2H3/b19-3-/t12-,15?/m0/s1. The van der Waals surface area contributed by atoms with Gasteiger partial charge in [-0.05, 0) is 49.9 Å². The van der Waals surface area contributed by atoms with Gasteiger partial charge in [0.2, 0.25) is 0 Å². The van der Waals surface area contributed by atoms with Gasteiger partial charge in [-0.25, -0.2) is 8.78 Å². The van der Waals surface area contributed by atoms with Crippen LogP contribution in [0.2, 0.25) is 0 Å². The van der Waals surface area contributed by atoms with Crippen LogP contribution in [0.3, 0.4) is 0 Å². The normalized spacial score (nSPS) is 21.1. The van der Waals surface area contributed by atoms with E-state index >= 15 is 0 Å². The highest BCUT2D eigenvalue weighted by molar-refractivity contribution is 5.52. The van der Waals surface area contributed by atoms with Crippen LogP contribution in [0.25, 0.3) is 0 Å². The van der Waals surface area contributed by atoms with Crippen molar-refractivity contribution < 1.29 is 8.78 Å². The Balaban J connectivity index is 2.31. The number of hydrogen-bond acceptors (Lipinski definition) is 3. The molecule has 1 aromatic rings. The molecule has 110 valence electrons. The van der Waals surface area contributed by atoms with Crippen molar-refractivity contribution in [1.29, 1.82) is 0 Å². The zero-order valence-electron chi connectivity index (χ0n) is 11.9. The van der Waals surface area contributed by atoms with E-state index in [0.717, 1.165) is 31.5 Å². The Morgan fingerprint density at radius 3 is 2.80 bits per heavy atom. The zero-order valence-corrected chi connectivity index (χ0v) is 11.9. The van der Waals surface area contributed by atoms with E-state index < -0.39 is 11.6 Å². The molecule has 1 N–H and O–H groups in total. The second-order valence-corrected chi connectivity index (χ2v) is 5.17. The molecule has 0 saturated carbocycles. The molecule has 1 saturated heterocycles. The van der Waals surface area contributed by atoms with Crippen LogP contribution in [-0.4, -0.2) is 31.4 Å². The fourth-order valence-corrected chi connectivity index (χ4v) is 2.89. The van der Waals surface area contributed by atoms with E-state index in [4.69, 9.17) is 0 Å². The Hall–Kier alpha value is -1.49. The lowest BCUT2D eigenvalue weighted by atomic mass is 9.87. The van der Waals surface area contributed by atoms with Gasteiger partial charge in [-0.1, -0.05) is 6.07 Å². The van der Waals surface area contributed by atoms with Gasteiger partial charge in [-0.15, -0.1) is 0 Å². The van der Waals surface area contributed by atoms with Gasteiger partial charge in [0.25, 0.3) is 0 Å². The first-order valence-corrected chi connectivity index (χ1v) is 7.00. The minimum absolute atomic E-state index is 0.0471. The number of benzene rings is 1. The summed E-state index contributed by atoms with van der Waals surface area (Å²) in [4.78, 5) is 0. The summed E-state index contributed by atoms with van der Waals surface area (Å²) in [5.74, 6) is -1.27. The smallest absolute Gasteiger partial charge is 0.159 e. The predicted molar refractivity (Wildman–Crippen MR) is 76.6 cm³/mol. The highest BCUT2D eigenvalue weighted by Gasteiger charge is 2.28. The molecule has 0 spiro atoms. The van der Waals surface area contributed by atoms with Crippen molar-refractivity contribution >= 4 is 6.21 Å². The lowest BCUT2D eigenvalue weighted by Gasteiger charge is -2.35. The molecule has 1 heterocycles. The Bertz CT molecular complexity index is 470. The Kier molecular flexibility index (Phi) is 5.06. The molecule has 0 aromatic heterocycles. The van der Waals surface area contributed by atoms with E-state index in [0.29, 0.717) is 5.92 Å². The topological polar surface area (TPSA) is 27.6 Å². The number of hydrazone groups is 1. The molecule has 0 bridgehead atoms. The maximum absolute atomic E-state index is 13.5. The maximum Gasteiger partial charge on any atom is 0.159 e. The minimum Gasteiger partial charge on any atom is -0.316 e. The number of rotatable bonds is 4.